The molecule has 3 nitrogen and oxygen atoms in total. The van der Waals surface area contributed by atoms with Crippen molar-refractivity contribution in [3.8, 4) is 5.75 Å². The van der Waals surface area contributed by atoms with E-state index in [9.17, 15) is 9.50 Å². The smallest absolute Gasteiger partial charge is 0.149 e. The van der Waals surface area contributed by atoms with E-state index >= 15 is 0 Å². The molecule has 1 aliphatic heterocycles. The summed E-state index contributed by atoms with van der Waals surface area (Å²) in [5, 5.41) is 10.00. The third-order valence-corrected chi connectivity index (χ3v) is 4.49. The Morgan fingerprint density at radius 3 is 2.50 bits per heavy atom. The first-order valence-electron chi connectivity index (χ1n) is 7.74. The Bertz CT molecular complexity index is 549. The van der Waals surface area contributed by atoms with Crippen LogP contribution in [-0.4, -0.2) is 35.2 Å². The largest absolute Gasteiger partial charge is 0.493 e. The van der Waals surface area contributed by atoms with Gasteiger partial charge >= 0.3 is 0 Å². The van der Waals surface area contributed by atoms with Crippen molar-refractivity contribution in [3.05, 3.63) is 28.0 Å². The molecule has 0 saturated carbocycles. The maximum atomic E-state index is 14.6. The molecule has 1 N–H and O–H groups in total. The molecule has 0 bridgehead atoms. The van der Waals surface area contributed by atoms with Gasteiger partial charge in [-0.05, 0) is 40.7 Å². The Labute approximate surface area is 137 Å². The minimum Gasteiger partial charge on any atom is -0.493 e. The predicted molar refractivity (Wildman–Crippen MR) is 87.3 cm³/mol. The fourth-order valence-electron chi connectivity index (χ4n) is 2.84. The average Bonchev–Trinajstić information content (AvgIpc) is 2.33. The minimum atomic E-state index is -0.753. The molecule has 1 aromatic carbocycles. The van der Waals surface area contributed by atoms with E-state index in [0.717, 1.165) is 13.1 Å². The van der Waals surface area contributed by atoms with E-state index in [1.807, 2.05) is 6.92 Å². The van der Waals surface area contributed by atoms with Crippen LogP contribution >= 0.6 is 11.6 Å². The summed E-state index contributed by atoms with van der Waals surface area (Å²) in [5.74, 6) is 0.0722. The fraction of sp³-hybridized carbons (Fsp3) is 0.647. The van der Waals surface area contributed by atoms with Gasteiger partial charge < -0.3 is 9.84 Å². The van der Waals surface area contributed by atoms with Gasteiger partial charge in [-0.2, -0.15) is 0 Å². The lowest BCUT2D eigenvalue weighted by Gasteiger charge is -2.48. The number of aliphatic hydroxyl groups excluding tert-OH is 1. The summed E-state index contributed by atoms with van der Waals surface area (Å²) < 4.78 is 20.3. The van der Waals surface area contributed by atoms with Crippen molar-refractivity contribution in [3.63, 3.8) is 0 Å². The van der Waals surface area contributed by atoms with Gasteiger partial charge in [0.1, 0.15) is 11.6 Å². The van der Waals surface area contributed by atoms with E-state index < -0.39 is 11.9 Å². The molecule has 124 valence electrons. The zero-order valence-electron chi connectivity index (χ0n) is 13.9. The maximum Gasteiger partial charge on any atom is 0.149 e. The summed E-state index contributed by atoms with van der Waals surface area (Å²) in [5.41, 5.74) is 1.12. The van der Waals surface area contributed by atoms with Crippen LogP contribution < -0.4 is 4.74 Å². The van der Waals surface area contributed by atoms with E-state index in [1.54, 1.807) is 6.92 Å². The van der Waals surface area contributed by atoms with E-state index in [-0.39, 0.29) is 16.5 Å². The van der Waals surface area contributed by atoms with Crippen LogP contribution in [0.1, 0.15) is 57.8 Å². The van der Waals surface area contributed by atoms with E-state index in [4.69, 9.17) is 16.3 Å². The monoisotopic (exact) mass is 329 g/mol. The predicted octanol–water partition coefficient (Wildman–Crippen LogP) is 4.13. The summed E-state index contributed by atoms with van der Waals surface area (Å²) in [7, 11) is 0. The number of halogens is 2. The van der Waals surface area contributed by atoms with Gasteiger partial charge in [0.25, 0.3) is 0 Å². The molecule has 1 aliphatic rings. The normalized spacial score (nSPS) is 18.2. The summed E-state index contributed by atoms with van der Waals surface area (Å²) in [4.78, 5) is 2.29. The lowest BCUT2D eigenvalue weighted by Crippen LogP contribution is -2.54. The van der Waals surface area contributed by atoms with Gasteiger partial charge in [0, 0.05) is 35.7 Å². The highest BCUT2D eigenvalue weighted by Gasteiger charge is 2.39. The Morgan fingerprint density at radius 1 is 1.45 bits per heavy atom. The van der Waals surface area contributed by atoms with Crippen LogP contribution in [-0.2, 0) is 0 Å². The van der Waals surface area contributed by atoms with Crippen molar-refractivity contribution in [1.82, 2.24) is 4.90 Å². The van der Waals surface area contributed by atoms with Gasteiger partial charge in [-0.1, -0.05) is 11.6 Å². The van der Waals surface area contributed by atoms with Gasteiger partial charge in [0.05, 0.1) is 17.7 Å². The van der Waals surface area contributed by atoms with E-state index in [0.29, 0.717) is 23.5 Å². The van der Waals surface area contributed by atoms with Crippen molar-refractivity contribution >= 4 is 11.6 Å². The topological polar surface area (TPSA) is 32.7 Å². The molecule has 1 heterocycles. The second kappa shape index (κ2) is 6.34. The summed E-state index contributed by atoms with van der Waals surface area (Å²) in [6.45, 7) is 11.9. The summed E-state index contributed by atoms with van der Waals surface area (Å²) in [6.07, 6.45) is -0.753. The lowest BCUT2D eigenvalue weighted by atomic mass is 9.85. The molecule has 0 radical (unpaired) electrons. The lowest BCUT2D eigenvalue weighted by molar-refractivity contribution is 0.0445. The van der Waals surface area contributed by atoms with Gasteiger partial charge in [0.2, 0.25) is 0 Å². The Morgan fingerprint density at radius 2 is 2.05 bits per heavy atom. The van der Waals surface area contributed by atoms with Crippen LogP contribution in [0, 0.1) is 5.82 Å². The first-order valence-corrected chi connectivity index (χ1v) is 8.12. The highest BCUT2D eigenvalue weighted by Crippen LogP contribution is 2.43. The number of benzene rings is 1. The molecule has 5 heteroatoms. The number of rotatable bonds is 4. The van der Waals surface area contributed by atoms with Crippen LogP contribution in [0.5, 0.6) is 5.75 Å². The van der Waals surface area contributed by atoms with Gasteiger partial charge in [-0.15, -0.1) is 0 Å². The van der Waals surface area contributed by atoms with Crippen molar-refractivity contribution in [2.75, 3.05) is 19.7 Å². The molecule has 1 aromatic rings. The molecule has 0 amide bonds. The summed E-state index contributed by atoms with van der Waals surface area (Å²) in [6, 6.07) is 1.47. The molecule has 2 rings (SSSR count). The quantitative estimate of drug-likeness (QED) is 0.901. The van der Waals surface area contributed by atoms with E-state index in [1.165, 1.54) is 6.07 Å². The van der Waals surface area contributed by atoms with Crippen LogP contribution in [0.3, 0.4) is 0 Å². The van der Waals surface area contributed by atoms with Gasteiger partial charge in [-0.25, -0.2) is 4.39 Å². The van der Waals surface area contributed by atoms with Crippen molar-refractivity contribution in [2.24, 2.45) is 0 Å². The molecular weight excluding hydrogens is 305 g/mol. The van der Waals surface area contributed by atoms with Crippen molar-refractivity contribution in [2.45, 2.75) is 52.2 Å². The number of likely N-dealkylation sites (tertiary alicyclic amines) is 1. The fourth-order valence-corrected chi connectivity index (χ4v) is 3.06. The second-order valence-electron chi connectivity index (χ2n) is 6.89. The Kier molecular flexibility index (Phi) is 5.05. The van der Waals surface area contributed by atoms with Gasteiger partial charge in [-0.3, -0.25) is 4.90 Å². The molecular formula is C17H25ClFNO2. The van der Waals surface area contributed by atoms with Crippen LogP contribution in [0.2, 0.25) is 5.02 Å². The molecule has 0 spiro atoms. The summed E-state index contributed by atoms with van der Waals surface area (Å²) >= 11 is 6.03. The molecule has 22 heavy (non-hydrogen) atoms. The third kappa shape index (κ3) is 3.24. The van der Waals surface area contributed by atoms with Crippen LogP contribution in [0.4, 0.5) is 4.39 Å². The van der Waals surface area contributed by atoms with Crippen molar-refractivity contribution < 1.29 is 14.2 Å². The third-order valence-electron chi connectivity index (χ3n) is 4.21. The SMILES string of the molecule is CCOc1c(C(C)O)cc(Cl)c(F)c1C1CN(C(C)(C)C)C1. The number of nitrogens with zero attached hydrogens (tertiary/aromatic N) is 1. The standard InChI is InChI=1S/C17H25ClFNO2/c1-6-22-16-12(10(2)21)7-13(18)15(19)14(16)11-8-20(9-11)17(3,4)5/h7,10-11,21H,6,8-9H2,1-5H3. The number of aliphatic hydroxyl groups is 1. The number of hydrogen-bond acceptors (Lipinski definition) is 3. The molecule has 1 unspecified atom stereocenters. The van der Waals surface area contributed by atoms with Gasteiger partial charge in [0.15, 0.2) is 0 Å². The molecule has 1 fully saturated rings. The average molecular weight is 330 g/mol. The zero-order chi connectivity index (χ0) is 16.7. The minimum absolute atomic E-state index is 0.0389. The highest BCUT2D eigenvalue weighted by molar-refractivity contribution is 6.31. The number of hydrogen-bond donors (Lipinski definition) is 1. The second-order valence-corrected chi connectivity index (χ2v) is 7.29. The maximum absolute atomic E-state index is 14.6. The molecule has 0 aliphatic carbocycles. The molecule has 1 saturated heterocycles. The Hall–Kier alpha value is -0.840. The van der Waals surface area contributed by atoms with Crippen LogP contribution in [0.15, 0.2) is 6.07 Å². The zero-order valence-corrected chi connectivity index (χ0v) is 14.7. The first-order chi connectivity index (χ1) is 10.2. The van der Waals surface area contributed by atoms with Crippen molar-refractivity contribution in [1.29, 1.82) is 0 Å². The van der Waals surface area contributed by atoms with E-state index in [2.05, 4.69) is 25.7 Å². The van der Waals surface area contributed by atoms with Crippen LogP contribution in [0.25, 0.3) is 0 Å². The first kappa shape index (κ1) is 17.5. The molecule has 1 atom stereocenters. The molecule has 0 aromatic heterocycles. The number of ether oxygens (including phenoxy) is 1. The Balaban J connectivity index is 2.42. The highest BCUT2D eigenvalue weighted by atomic mass is 35.5.